The van der Waals surface area contributed by atoms with Crippen molar-refractivity contribution in [3.63, 3.8) is 0 Å². The summed E-state index contributed by atoms with van der Waals surface area (Å²) in [5, 5.41) is 11.8. The first-order valence-corrected chi connectivity index (χ1v) is 10.1. The highest BCUT2D eigenvalue weighted by atomic mass is 16.5. The van der Waals surface area contributed by atoms with Gasteiger partial charge >= 0.3 is 0 Å². The van der Waals surface area contributed by atoms with Crippen molar-refractivity contribution in [3.8, 4) is 0 Å². The molecule has 9 heteroatoms. The first kappa shape index (κ1) is 20.2. The van der Waals surface area contributed by atoms with E-state index in [-0.39, 0.29) is 22.7 Å². The maximum Gasteiger partial charge on any atom is 0.267 e. The molecular formula is C21H25N5O4. The van der Waals surface area contributed by atoms with E-state index in [4.69, 9.17) is 14.9 Å². The molecule has 1 saturated heterocycles. The van der Waals surface area contributed by atoms with Crippen LogP contribution in [0.5, 0.6) is 0 Å². The SMILES string of the molecule is COCCCNC(=O)c1cc2c(=O)n3ccccc3nc2n(C[C@H]2CCCO2)c1=N. The number of pyridine rings is 2. The van der Waals surface area contributed by atoms with Crippen LogP contribution >= 0.6 is 0 Å². The van der Waals surface area contributed by atoms with Crippen molar-refractivity contribution >= 4 is 22.6 Å². The second-order valence-corrected chi connectivity index (χ2v) is 7.34. The number of hydrogen-bond donors (Lipinski definition) is 2. The highest BCUT2D eigenvalue weighted by Gasteiger charge is 2.22. The smallest absolute Gasteiger partial charge is 0.267 e. The molecule has 0 saturated carbocycles. The Balaban J connectivity index is 1.85. The Bertz CT molecular complexity index is 1190. The molecule has 2 N–H and O–H groups in total. The van der Waals surface area contributed by atoms with Crippen LogP contribution in [-0.4, -0.2) is 52.8 Å². The first-order valence-electron chi connectivity index (χ1n) is 10.1. The van der Waals surface area contributed by atoms with Gasteiger partial charge in [0.2, 0.25) is 0 Å². The molecule has 0 unspecified atom stereocenters. The molecule has 0 radical (unpaired) electrons. The topological polar surface area (TPSA) is 111 Å². The number of ether oxygens (including phenoxy) is 2. The normalized spacial score (nSPS) is 16.4. The van der Waals surface area contributed by atoms with E-state index in [1.807, 2.05) is 6.07 Å². The molecule has 0 spiro atoms. The van der Waals surface area contributed by atoms with E-state index < -0.39 is 5.91 Å². The number of amides is 1. The van der Waals surface area contributed by atoms with E-state index >= 15 is 0 Å². The summed E-state index contributed by atoms with van der Waals surface area (Å²) in [6, 6.07) is 6.79. The Labute approximate surface area is 172 Å². The van der Waals surface area contributed by atoms with Crippen molar-refractivity contribution in [1.82, 2.24) is 19.3 Å². The van der Waals surface area contributed by atoms with Crippen LogP contribution in [0.25, 0.3) is 16.7 Å². The molecule has 158 valence electrons. The van der Waals surface area contributed by atoms with Crippen LogP contribution in [0, 0.1) is 5.41 Å². The van der Waals surface area contributed by atoms with Gasteiger partial charge < -0.3 is 19.4 Å². The van der Waals surface area contributed by atoms with E-state index in [0.717, 1.165) is 12.8 Å². The predicted octanol–water partition coefficient (Wildman–Crippen LogP) is 1.07. The summed E-state index contributed by atoms with van der Waals surface area (Å²) in [5.41, 5.74) is 0.780. The van der Waals surface area contributed by atoms with E-state index in [2.05, 4.69) is 10.3 Å². The Morgan fingerprint density at radius 1 is 1.43 bits per heavy atom. The van der Waals surface area contributed by atoms with Crippen LogP contribution in [0.3, 0.4) is 0 Å². The predicted molar refractivity (Wildman–Crippen MR) is 111 cm³/mol. The number of methoxy groups -OCH3 is 1. The van der Waals surface area contributed by atoms with Gasteiger partial charge in [0.15, 0.2) is 0 Å². The molecule has 1 aliphatic rings. The van der Waals surface area contributed by atoms with Crippen LogP contribution in [0.4, 0.5) is 0 Å². The molecule has 0 bridgehead atoms. The van der Waals surface area contributed by atoms with Gasteiger partial charge in [-0.15, -0.1) is 0 Å². The van der Waals surface area contributed by atoms with Crippen molar-refractivity contribution in [1.29, 1.82) is 5.41 Å². The van der Waals surface area contributed by atoms with Crippen LogP contribution < -0.4 is 16.4 Å². The third kappa shape index (κ3) is 3.86. The molecule has 4 heterocycles. The fourth-order valence-electron chi connectivity index (χ4n) is 3.74. The standard InChI is InChI=1S/C21H25N5O4/c1-29-10-5-8-23-20(27)15-12-16-19(24-17-7-2-3-9-25(17)21(16)28)26(18(15)22)13-14-6-4-11-30-14/h2-3,7,9,12,14,22H,4-6,8,10-11,13H2,1H3,(H,23,27)/t14-/m1/s1. The Morgan fingerprint density at radius 3 is 3.07 bits per heavy atom. The summed E-state index contributed by atoms with van der Waals surface area (Å²) >= 11 is 0. The summed E-state index contributed by atoms with van der Waals surface area (Å²) in [7, 11) is 1.60. The van der Waals surface area contributed by atoms with Gasteiger partial charge in [-0.05, 0) is 37.5 Å². The maximum atomic E-state index is 13.1. The number of rotatable bonds is 7. The molecule has 1 fully saturated rings. The van der Waals surface area contributed by atoms with Crippen LogP contribution in [0.15, 0.2) is 35.3 Å². The highest BCUT2D eigenvalue weighted by Crippen LogP contribution is 2.16. The van der Waals surface area contributed by atoms with E-state index in [0.29, 0.717) is 49.4 Å². The number of aromatic nitrogens is 3. The zero-order valence-electron chi connectivity index (χ0n) is 16.9. The molecule has 30 heavy (non-hydrogen) atoms. The zero-order valence-corrected chi connectivity index (χ0v) is 16.9. The Morgan fingerprint density at radius 2 is 2.30 bits per heavy atom. The van der Waals surface area contributed by atoms with Gasteiger partial charge in [-0.3, -0.25) is 19.4 Å². The van der Waals surface area contributed by atoms with Crippen LogP contribution in [0.1, 0.15) is 29.6 Å². The van der Waals surface area contributed by atoms with Gasteiger partial charge in [0.1, 0.15) is 16.8 Å². The maximum absolute atomic E-state index is 13.1. The molecule has 1 aliphatic heterocycles. The molecule has 1 amide bonds. The lowest BCUT2D eigenvalue weighted by Gasteiger charge is -2.17. The van der Waals surface area contributed by atoms with E-state index in [1.54, 1.807) is 30.0 Å². The van der Waals surface area contributed by atoms with Crippen molar-refractivity contribution in [3.05, 3.63) is 51.9 Å². The molecule has 3 aromatic rings. The summed E-state index contributed by atoms with van der Waals surface area (Å²) in [6.07, 6.45) is 4.06. The van der Waals surface area contributed by atoms with Gasteiger partial charge in [0.25, 0.3) is 11.5 Å². The number of fused-ring (bicyclic) bond motifs is 2. The number of nitrogens with one attached hydrogen (secondary N) is 2. The number of hydrogen-bond acceptors (Lipinski definition) is 6. The van der Waals surface area contributed by atoms with Crippen LogP contribution in [0.2, 0.25) is 0 Å². The molecule has 0 aromatic carbocycles. The van der Waals surface area contributed by atoms with Crippen molar-refractivity contribution < 1.29 is 14.3 Å². The summed E-state index contributed by atoms with van der Waals surface area (Å²) < 4.78 is 13.8. The Kier molecular flexibility index (Phi) is 5.91. The minimum atomic E-state index is -0.392. The van der Waals surface area contributed by atoms with Gasteiger partial charge in [-0.25, -0.2) is 4.98 Å². The molecule has 0 aliphatic carbocycles. The minimum Gasteiger partial charge on any atom is -0.385 e. The second kappa shape index (κ2) is 8.76. The summed E-state index contributed by atoms with van der Waals surface area (Å²) in [4.78, 5) is 30.6. The fourth-order valence-corrected chi connectivity index (χ4v) is 3.74. The van der Waals surface area contributed by atoms with Crippen molar-refractivity contribution in [2.75, 3.05) is 26.9 Å². The molecule has 4 rings (SSSR count). The average molecular weight is 411 g/mol. The number of carbonyl (C=O) groups is 1. The zero-order chi connectivity index (χ0) is 21.1. The molecule has 1 atom stereocenters. The summed E-state index contributed by atoms with van der Waals surface area (Å²) in [5.74, 6) is -0.392. The largest absolute Gasteiger partial charge is 0.385 e. The van der Waals surface area contributed by atoms with E-state index in [1.165, 1.54) is 10.5 Å². The summed E-state index contributed by atoms with van der Waals surface area (Å²) in [6.45, 7) is 2.00. The van der Waals surface area contributed by atoms with Crippen molar-refractivity contribution in [2.24, 2.45) is 0 Å². The lowest BCUT2D eigenvalue weighted by atomic mass is 10.1. The van der Waals surface area contributed by atoms with Gasteiger partial charge in [-0.1, -0.05) is 6.07 Å². The van der Waals surface area contributed by atoms with Gasteiger partial charge in [0, 0.05) is 33.1 Å². The molecular weight excluding hydrogens is 386 g/mol. The highest BCUT2D eigenvalue weighted by molar-refractivity contribution is 5.96. The van der Waals surface area contributed by atoms with Gasteiger partial charge in [-0.2, -0.15) is 0 Å². The minimum absolute atomic E-state index is 0.0226. The third-order valence-corrected chi connectivity index (χ3v) is 5.28. The average Bonchev–Trinajstić information content (AvgIpc) is 3.27. The molecule has 9 nitrogen and oxygen atoms in total. The monoisotopic (exact) mass is 411 g/mol. The lowest BCUT2D eigenvalue weighted by molar-refractivity contribution is 0.0929. The third-order valence-electron chi connectivity index (χ3n) is 5.28. The second-order valence-electron chi connectivity index (χ2n) is 7.34. The lowest BCUT2D eigenvalue weighted by Crippen LogP contribution is -2.37. The number of carbonyl (C=O) groups excluding carboxylic acids is 1. The fraction of sp³-hybridized carbons (Fsp3) is 0.429. The van der Waals surface area contributed by atoms with Gasteiger partial charge in [0.05, 0.1) is 23.6 Å². The number of nitrogens with zero attached hydrogens (tertiary/aromatic N) is 3. The van der Waals surface area contributed by atoms with Crippen molar-refractivity contribution in [2.45, 2.75) is 31.9 Å². The Hall–Kier alpha value is -3.04. The molecule has 3 aromatic heterocycles. The van der Waals surface area contributed by atoms with Crippen LogP contribution in [-0.2, 0) is 16.0 Å². The quantitative estimate of drug-likeness (QED) is 0.446. The van der Waals surface area contributed by atoms with E-state index in [9.17, 15) is 9.59 Å². The first-order chi connectivity index (χ1) is 14.6.